The molecular weight excluding hydrogens is 356 g/mol. The summed E-state index contributed by atoms with van der Waals surface area (Å²) in [5.74, 6) is -0.312. The molecule has 7 heteroatoms. The number of unbranched alkanes of at least 4 members (excludes halogenated alkanes) is 5. The number of carbonyl (C=O) groups excluding carboxylic acids is 1. The summed E-state index contributed by atoms with van der Waals surface area (Å²) in [6.45, 7) is 14.9. The van der Waals surface area contributed by atoms with E-state index in [0.29, 0.717) is 19.8 Å². The maximum absolute atomic E-state index is 10.6. The van der Waals surface area contributed by atoms with Crippen LogP contribution < -0.4 is 0 Å². The van der Waals surface area contributed by atoms with Crippen LogP contribution in [0.5, 0.6) is 0 Å². The summed E-state index contributed by atoms with van der Waals surface area (Å²) in [5, 5.41) is 0. The molecule has 0 aromatic carbocycles. The van der Waals surface area contributed by atoms with Gasteiger partial charge in [0.15, 0.2) is 0 Å². The molecule has 0 N–H and O–H groups in total. The van der Waals surface area contributed by atoms with Crippen molar-refractivity contribution in [2.45, 2.75) is 78.2 Å². The Balaban J connectivity index is 0. The van der Waals surface area contributed by atoms with Gasteiger partial charge in [0.2, 0.25) is 0 Å². The Labute approximate surface area is 161 Å². The summed E-state index contributed by atoms with van der Waals surface area (Å²) in [5.41, 5.74) is -0.139. The van der Waals surface area contributed by atoms with Gasteiger partial charge < -0.3 is 18.0 Å². The standard InChI is InChI=1S/C11H20O2.C7H18O3SSi/c1-3-5-6-7-8-9-10-13-11(12)4-2;1-5-8-12(4,9-6-2)10-7(3)11/h4H,2-3,5-10H2,1H3;7,11H,5-6H2,1-4H3. The van der Waals surface area contributed by atoms with Gasteiger partial charge >= 0.3 is 14.8 Å². The van der Waals surface area contributed by atoms with Crippen LogP contribution in [0.15, 0.2) is 12.7 Å². The molecule has 0 fully saturated rings. The van der Waals surface area contributed by atoms with E-state index < -0.39 is 8.80 Å². The molecule has 0 radical (unpaired) electrons. The first kappa shape index (κ1) is 26.9. The molecule has 0 saturated carbocycles. The monoisotopic (exact) mass is 394 g/mol. The van der Waals surface area contributed by atoms with Crippen LogP contribution in [0, 0.1) is 0 Å². The lowest BCUT2D eigenvalue weighted by molar-refractivity contribution is -0.137. The predicted molar refractivity (Wildman–Crippen MR) is 109 cm³/mol. The lowest BCUT2D eigenvalue weighted by Crippen LogP contribution is -2.44. The largest absolute Gasteiger partial charge is 0.498 e. The van der Waals surface area contributed by atoms with Gasteiger partial charge in [0, 0.05) is 25.8 Å². The van der Waals surface area contributed by atoms with E-state index in [0.717, 1.165) is 12.8 Å². The molecule has 0 aliphatic carbocycles. The van der Waals surface area contributed by atoms with Crippen LogP contribution in [-0.4, -0.2) is 40.0 Å². The van der Waals surface area contributed by atoms with E-state index in [1.807, 2.05) is 27.3 Å². The molecule has 0 rings (SSSR count). The zero-order valence-electron chi connectivity index (χ0n) is 16.7. The number of esters is 1. The Bertz CT molecular complexity index is 321. The molecule has 0 aliphatic rings. The number of hydrogen-bond acceptors (Lipinski definition) is 6. The third-order valence-electron chi connectivity index (χ3n) is 3.11. The van der Waals surface area contributed by atoms with Crippen molar-refractivity contribution in [2.24, 2.45) is 0 Å². The van der Waals surface area contributed by atoms with Crippen LogP contribution in [0.1, 0.15) is 66.2 Å². The van der Waals surface area contributed by atoms with E-state index in [1.165, 1.54) is 31.8 Å². The van der Waals surface area contributed by atoms with Crippen molar-refractivity contribution in [2.75, 3.05) is 19.8 Å². The molecule has 5 nitrogen and oxygen atoms in total. The van der Waals surface area contributed by atoms with Gasteiger partial charge in [-0.15, -0.1) is 12.6 Å². The summed E-state index contributed by atoms with van der Waals surface area (Å²) < 4.78 is 21.2. The topological polar surface area (TPSA) is 54.0 Å². The highest BCUT2D eigenvalue weighted by atomic mass is 32.1. The van der Waals surface area contributed by atoms with Gasteiger partial charge in [0.25, 0.3) is 0 Å². The summed E-state index contributed by atoms with van der Waals surface area (Å²) in [4.78, 5) is 10.6. The SMILES string of the molecule is C=CC(=O)OCCCCCCCC.CCO[Si](C)(OCC)OC(C)S. The molecule has 25 heavy (non-hydrogen) atoms. The average molecular weight is 395 g/mol. The van der Waals surface area contributed by atoms with Crippen molar-refractivity contribution in [1.82, 2.24) is 0 Å². The normalized spacial score (nSPS) is 12.1. The molecular formula is C18H38O5SSi. The van der Waals surface area contributed by atoms with Gasteiger partial charge in [-0.1, -0.05) is 45.6 Å². The molecule has 0 aliphatic heterocycles. The van der Waals surface area contributed by atoms with Crippen LogP contribution in [0.3, 0.4) is 0 Å². The Kier molecular flexibility index (Phi) is 19.8. The minimum atomic E-state index is -2.39. The van der Waals surface area contributed by atoms with Crippen LogP contribution in [0.25, 0.3) is 0 Å². The van der Waals surface area contributed by atoms with Crippen LogP contribution in [0.2, 0.25) is 6.55 Å². The van der Waals surface area contributed by atoms with Gasteiger partial charge in [-0.2, -0.15) is 0 Å². The lowest BCUT2D eigenvalue weighted by Gasteiger charge is -2.26. The number of ether oxygens (including phenoxy) is 1. The molecule has 0 heterocycles. The quantitative estimate of drug-likeness (QED) is 0.112. The molecule has 0 saturated heterocycles. The number of rotatable bonds is 14. The third kappa shape index (κ3) is 19.8. The first-order valence-electron chi connectivity index (χ1n) is 9.28. The van der Waals surface area contributed by atoms with Crippen LogP contribution in [0.4, 0.5) is 0 Å². The van der Waals surface area contributed by atoms with Gasteiger partial charge in [-0.3, -0.25) is 0 Å². The summed E-state index contributed by atoms with van der Waals surface area (Å²) in [6.07, 6.45) is 8.47. The Morgan fingerprint density at radius 1 is 1.08 bits per heavy atom. The molecule has 0 amide bonds. The number of carbonyl (C=O) groups is 1. The van der Waals surface area contributed by atoms with Crippen molar-refractivity contribution in [3.63, 3.8) is 0 Å². The van der Waals surface area contributed by atoms with Crippen molar-refractivity contribution in [1.29, 1.82) is 0 Å². The molecule has 0 aromatic heterocycles. The fourth-order valence-electron chi connectivity index (χ4n) is 2.06. The predicted octanol–water partition coefficient (Wildman–Crippen LogP) is 5.00. The minimum Gasteiger partial charge on any atom is -0.463 e. The summed E-state index contributed by atoms with van der Waals surface area (Å²) >= 11 is 4.13. The van der Waals surface area contributed by atoms with Crippen molar-refractivity contribution < 1.29 is 22.8 Å². The molecule has 150 valence electrons. The Morgan fingerprint density at radius 2 is 1.60 bits per heavy atom. The van der Waals surface area contributed by atoms with E-state index in [4.69, 9.17) is 18.0 Å². The summed E-state index contributed by atoms with van der Waals surface area (Å²) in [6, 6.07) is 0. The zero-order chi connectivity index (χ0) is 19.6. The molecule has 0 aromatic rings. The zero-order valence-corrected chi connectivity index (χ0v) is 18.6. The third-order valence-corrected chi connectivity index (χ3v) is 5.82. The number of hydrogen-bond donors (Lipinski definition) is 1. The van der Waals surface area contributed by atoms with Crippen molar-refractivity contribution in [3.8, 4) is 0 Å². The maximum atomic E-state index is 10.6. The summed E-state index contributed by atoms with van der Waals surface area (Å²) in [7, 11) is -2.39. The van der Waals surface area contributed by atoms with Gasteiger partial charge in [-0.05, 0) is 27.2 Å². The Hall–Kier alpha value is -0.343. The second-order valence-corrected chi connectivity index (χ2v) is 8.85. The highest BCUT2D eigenvalue weighted by Crippen LogP contribution is 2.13. The lowest BCUT2D eigenvalue weighted by atomic mass is 10.1. The highest BCUT2D eigenvalue weighted by Gasteiger charge is 2.35. The fraction of sp³-hybridized carbons (Fsp3) is 0.833. The highest BCUT2D eigenvalue weighted by molar-refractivity contribution is 7.80. The van der Waals surface area contributed by atoms with E-state index in [2.05, 4.69) is 26.1 Å². The fourth-order valence-corrected chi connectivity index (χ4v) is 4.52. The Morgan fingerprint density at radius 3 is 2.04 bits per heavy atom. The molecule has 1 atom stereocenters. The van der Waals surface area contributed by atoms with E-state index >= 15 is 0 Å². The number of thiol groups is 1. The van der Waals surface area contributed by atoms with E-state index in [-0.39, 0.29) is 11.4 Å². The first-order valence-corrected chi connectivity index (χ1v) is 12.0. The average Bonchev–Trinajstić information content (AvgIpc) is 2.53. The van der Waals surface area contributed by atoms with Gasteiger partial charge in [0.05, 0.1) is 12.0 Å². The first-order chi connectivity index (χ1) is 11.8. The van der Waals surface area contributed by atoms with Crippen LogP contribution in [-0.2, 0) is 22.8 Å². The smallest absolute Gasteiger partial charge is 0.463 e. The molecule has 0 bridgehead atoms. The van der Waals surface area contributed by atoms with Crippen LogP contribution >= 0.6 is 12.6 Å². The van der Waals surface area contributed by atoms with E-state index in [9.17, 15) is 4.79 Å². The van der Waals surface area contributed by atoms with Gasteiger partial charge in [-0.25, -0.2) is 4.79 Å². The minimum absolute atomic E-state index is 0.139. The molecule has 0 spiro atoms. The van der Waals surface area contributed by atoms with Crippen molar-refractivity contribution >= 4 is 27.4 Å². The van der Waals surface area contributed by atoms with E-state index in [1.54, 1.807) is 0 Å². The second kappa shape index (κ2) is 18.4. The molecule has 1 unspecified atom stereocenters. The maximum Gasteiger partial charge on any atom is 0.498 e. The second-order valence-electron chi connectivity index (χ2n) is 5.58. The van der Waals surface area contributed by atoms with Gasteiger partial charge in [0.1, 0.15) is 0 Å². The van der Waals surface area contributed by atoms with Crippen molar-refractivity contribution in [3.05, 3.63) is 12.7 Å².